The lowest BCUT2D eigenvalue weighted by molar-refractivity contribution is -0.0590. The van der Waals surface area contributed by atoms with Crippen molar-refractivity contribution in [2.75, 3.05) is 0 Å². The quantitative estimate of drug-likeness (QED) is 0.665. The Bertz CT molecular complexity index is 1080. The first-order chi connectivity index (χ1) is 12.5. The van der Waals surface area contributed by atoms with Gasteiger partial charge in [0, 0.05) is 6.20 Å². The van der Waals surface area contributed by atoms with Gasteiger partial charge in [-0.1, -0.05) is 17.2 Å². The van der Waals surface area contributed by atoms with Gasteiger partial charge in [0.2, 0.25) is 0 Å². The lowest BCUT2D eigenvalue weighted by atomic mass is 10.1. The summed E-state index contributed by atoms with van der Waals surface area (Å²) in [7, 11) is 0. The molecule has 2 N–H and O–H groups in total. The predicted octanol–water partition coefficient (Wildman–Crippen LogP) is 0.196. The van der Waals surface area contributed by atoms with E-state index in [-0.39, 0.29) is 28.0 Å². The van der Waals surface area contributed by atoms with Gasteiger partial charge in [0.1, 0.15) is 5.56 Å². The minimum atomic E-state index is -1.02. The summed E-state index contributed by atoms with van der Waals surface area (Å²) >= 11 is 0. The molecule has 0 bridgehead atoms. The molecule has 1 aliphatic rings. The Morgan fingerprint density at radius 2 is 1.69 bits per heavy atom. The van der Waals surface area contributed by atoms with Crippen molar-refractivity contribution < 1.29 is 24.0 Å². The number of nitrogens with zero attached hydrogens (tertiary/aromatic N) is 4. The maximum atomic E-state index is 12.5. The first-order valence-electron chi connectivity index (χ1n) is 7.31. The fourth-order valence-corrected chi connectivity index (χ4v) is 2.60. The smallest absolute Gasteiger partial charge is 0.365 e. The highest BCUT2D eigenvalue weighted by Gasteiger charge is 2.39. The summed E-state index contributed by atoms with van der Waals surface area (Å²) in [5, 5.41) is 4.26. The number of hydrogen-bond donors (Lipinski definition) is 1. The molecule has 3 aromatic rings. The van der Waals surface area contributed by atoms with Crippen molar-refractivity contribution in [1.82, 2.24) is 19.7 Å². The first kappa shape index (κ1) is 15.4. The highest BCUT2D eigenvalue weighted by Crippen LogP contribution is 2.23. The zero-order valence-electron chi connectivity index (χ0n) is 12.9. The lowest BCUT2D eigenvalue weighted by Gasteiger charge is -2.12. The van der Waals surface area contributed by atoms with Gasteiger partial charge in [0.25, 0.3) is 17.7 Å². The topological polar surface area (TPSA) is 137 Å². The molecule has 1 aliphatic heterocycles. The standard InChI is InChI=1S/C16H9N5O5/c17-12(22)10-7-19-20-11(5-6-18-13(10)20)16(25)26-21-14(23)8-3-1-2-4-9(8)15(21)24/h1-7H,(H2,17,22). The molecule has 3 amide bonds. The van der Waals surface area contributed by atoms with Gasteiger partial charge in [-0.05, 0) is 18.2 Å². The number of primary amides is 1. The van der Waals surface area contributed by atoms with Crippen LogP contribution in [0.5, 0.6) is 0 Å². The van der Waals surface area contributed by atoms with Gasteiger partial charge < -0.3 is 10.6 Å². The zero-order valence-corrected chi connectivity index (χ0v) is 12.9. The summed E-state index contributed by atoms with van der Waals surface area (Å²) in [6.07, 6.45) is 2.41. The third-order valence-corrected chi connectivity index (χ3v) is 3.81. The second-order valence-corrected chi connectivity index (χ2v) is 5.32. The van der Waals surface area contributed by atoms with E-state index in [2.05, 4.69) is 10.1 Å². The molecule has 0 saturated heterocycles. The van der Waals surface area contributed by atoms with Crippen LogP contribution in [0.2, 0.25) is 0 Å². The number of carbonyl (C=O) groups excluding carboxylic acids is 4. The Morgan fingerprint density at radius 1 is 1.04 bits per heavy atom. The Balaban J connectivity index is 1.68. The van der Waals surface area contributed by atoms with Crippen LogP contribution in [0, 0.1) is 0 Å². The van der Waals surface area contributed by atoms with E-state index in [0.29, 0.717) is 5.06 Å². The van der Waals surface area contributed by atoms with E-state index in [9.17, 15) is 19.2 Å². The van der Waals surface area contributed by atoms with Crippen LogP contribution in [0.25, 0.3) is 5.65 Å². The average Bonchev–Trinajstić information content (AvgIpc) is 3.17. The molecule has 0 unspecified atom stereocenters. The van der Waals surface area contributed by atoms with Crippen molar-refractivity contribution in [2.45, 2.75) is 0 Å². The van der Waals surface area contributed by atoms with E-state index in [4.69, 9.17) is 10.6 Å². The van der Waals surface area contributed by atoms with Gasteiger partial charge in [-0.15, -0.1) is 0 Å². The van der Waals surface area contributed by atoms with E-state index in [1.54, 1.807) is 12.1 Å². The normalized spacial score (nSPS) is 13.2. The molecule has 0 atom stereocenters. The summed E-state index contributed by atoms with van der Waals surface area (Å²) in [6.45, 7) is 0. The Labute approximate surface area is 144 Å². The van der Waals surface area contributed by atoms with Gasteiger partial charge in [-0.25, -0.2) is 14.3 Å². The number of aromatic nitrogens is 3. The van der Waals surface area contributed by atoms with E-state index in [1.165, 1.54) is 24.4 Å². The first-order valence-corrected chi connectivity index (χ1v) is 7.31. The van der Waals surface area contributed by atoms with Gasteiger partial charge in [0.15, 0.2) is 11.3 Å². The molecule has 10 heteroatoms. The maximum absolute atomic E-state index is 12.5. The van der Waals surface area contributed by atoms with Gasteiger partial charge >= 0.3 is 5.97 Å². The number of rotatable bonds is 3. The van der Waals surface area contributed by atoms with Crippen molar-refractivity contribution in [3.63, 3.8) is 0 Å². The van der Waals surface area contributed by atoms with E-state index >= 15 is 0 Å². The number of nitrogens with two attached hydrogens (primary N) is 1. The highest BCUT2D eigenvalue weighted by molar-refractivity contribution is 6.21. The molecular formula is C16H9N5O5. The second-order valence-electron chi connectivity index (χ2n) is 5.32. The number of fused-ring (bicyclic) bond motifs is 2. The molecule has 0 aliphatic carbocycles. The summed E-state index contributed by atoms with van der Waals surface area (Å²) < 4.78 is 1.04. The Morgan fingerprint density at radius 3 is 2.31 bits per heavy atom. The van der Waals surface area contributed by atoms with Crippen molar-refractivity contribution in [1.29, 1.82) is 0 Å². The number of hydrogen-bond acceptors (Lipinski definition) is 7. The average molecular weight is 351 g/mol. The number of carbonyl (C=O) groups is 4. The van der Waals surface area contributed by atoms with Crippen LogP contribution in [-0.2, 0) is 4.84 Å². The largest absolute Gasteiger partial charge is 0.382 e. The van der Waals surface area contributed by atoms with Crippen molar-refractivity contribution >= 4 is 29.3 Å². The molecular weight excluding hydrogens is 342 g/mol. The van der Waals surface area contributed by atoms with Crippen LogP contribution in [0.3, 0.4) is 0 Å². The summed E-state index contributed by atoms with van der Waals surface area (Å²) in [4.78, 5) is 57.3. The third kappa shape index (κ3) is 2.13. The van der Waals surface area contributed by atoms with Crippen molar-refractivity contribution in [3.05, 3.63) is 65.1 Å². The molecule has 10 nitrogen and oxygen atoms in total. The molecule has 0 spiro atoms. The molecule has 26 heavy (non-hydrogen) atoms. The lowest BCUT2D eigenvalue weighted by Crippen LogP contribution is -2.33. The molecule has 1 aromatic carbocycles. The van der Waals surface area contributed by atoms with Crippen LogP contribution in [-0.4, -0.2) is 43.4 Å². The molecule has 0 saturated carbocycles. The number of hydroxylamine groups is 2. The van der Waals surface area contributed by atoms with E-state index in [1.807, 2.05) is 0 Å². The van der Waals surface area contributed by atoms with Crippen molar-refractivity contribution in [2.24, 2.45) is 5.73 Å². The fraction of sp³-hybridized carbons (Fsp3) is 0. The molecule has 0 fully saturated rings. The number of imide groups is 1. The molecule has 2 aromatic heterocycles. The van der Waals surface area contributed by atoms with Gasteiger partial charge in [0.05, 0.1) is 17.3 Å². The van der Waals surface area contributed by atoms with E-state index in [0.717, 1.165) is 10.7 Å². The minimum absolute atomic E-state index is 0.0142. The second kappa shape index (κ2) is 5.48. The van der Waals surface area contributed by atoms with Crippen molar-refractivity contribution in [3.8, 4) is 0 Å². The summed E-state index contributed by atoms with van der Waals surface area (Å²) in [5.74, 6) is -3.28. The SMILES string of the molecule is NC(=O)c1cnn2c(C(=O)ON3C(=O)c4ccccc4C3=O)ccnc12. The number of benzene rings is 1. The molecule has 0 radical (unpaired) electrons. The molecule has 128 valence electrons. The third-order valence-electron chi connectivity index (χ3n) is 3.81. The monoisotopic (exact) mass is 351 g/mol. The van der Waals surface area contributed by atoms with E-state index < -0.39 is 23.7 Å². The summed E-state index contributed by atoms with van der Waals surface area (Å²) in [5.41, 5.74) is 5.42. The van der Waals surface area contributed by atoms with Crippen LogP contribution < -0.4 is 5.73 Å². The highest BCUT2D eigenvalue weighted by atomic mass is 16.7. The Kier molecular flexibility index (Phi) is 3.26. The Hall–Kier alpha value is -4.08. The molecule has 4 rings (SSSR count). The van der Waals surface area contributed by atoms with Crippen LogP contribution in [0.4, 0.5) is 0 Å². The molecule has 3 heterocycles. The van der Waals surface area contributed by atoms with Gasteiger partial charge in [-0.3, -0.25) is 14.4 Å². The maximum Gasteiger partial charge on any atom is 0.382 e. The van der Waals surface area contributed by atoms with Crippen LogP contribution >= 0.6 is 0 Å². The van der Waals surface area contributed by atoms with Gasteiger partial charge in [-0.2, -0.15) is 5.10 Å². The van der Waals surface area contributed by atoms with Crippen LogP contribution in [0.1, 0.15) is 41.6 Å². The predicted molar refractivity (Wildman–Crippen MR) is 83.9 cm³/mol. The number of amides is 3. The minimum Gasteiger partial charge on any atom is -0.365 e. The summed E-state index contributed by atoms with van der Waals surface area (Å²) in [6, 6.07) is 7.38. The fourth-order valence-electron chi connectivity index (χ4n) is 2.60. The zero-order chi connectivity index (χ0) is 18.4. The van der Waals surface area contributed by atoms with Crippen LogP contribution in [0.15, 0.2) is 42.7 Å².